The maximum Gasteiger partial charge on any atom is 2.00 e. The summed E-state index contributed by atoms with van der Waals surface area (Å²) in [5.41, 5.74) is 0.958. The Morgan fingerprint density at radius 2 is 1.94 bits per heavy atom. The van der Waals surface area contributed by atoms with Gasteiger partial charge in [0.25, 0.3) is 0 Å². The molecule has 2 aliphatic carbocycles. The number of aliphatic hydroxyl groups is 3. The van der Waals surface area contributed by atoms with Crippen molar-refractivity contribution >= 4 is 35.0 Å². The zero-order chi connectivity index (χ0) is 22.4. The summed E-state index contributed by atoms with van der Waals surface area (Å²) in [5.74, 6) is -1.31. The zero-order valence-corrected chi connectivity index (χ0v) is 20.2. The van der Waals surface area contributed by atoms with Gasteiger partial charge in [0, 0.05) is 12.3 Å². The van der Waals surface area contributed by atoms with Crippen LogP contribution in [0.5, 0.6) is 0 Å². The molecule has 31 heavy (non-hydrogen) atoms. The number of carbonyl (C=O) groups excluding carboxylic acids is 1. The zero-order valence-electron chi connectivity index (χ0n) is 18.8. The third-order valence-corrected chi connectivity index (χ3v) is 6.44. The van der Waals surface area contributed by atoms with Gasteiger partial charge in [0.05, 0.1) is 30.7 Å². The van der Waals surface area contributed by atoms with E-state index in [0.717, 1.165) is 5.57 Å². The van der Waals surface area contributed by atoms with Crippen molar-refractivity contribution in [3.63, 3.8) is 0 Å². The van der Waals surface area contributed by atoms with Crippen molar-refractivity contribution in [1.29, 1.82) is 0 Å². The van der Waals surface area contributed by atoms with E-state index >= 15 is 0 Å². The molecule has 0 unspecified atom stereocenters. The Hall–Kier alpha value is -0.934. The van der Waals surface area contributed by atoms with Gasteiger partial charge in [-0.05, 0) is 43.1 Å². The molecule has 7 nitrogen and oxygen atoms in total. The molecule has 0 aromatic heterocycles. The Kier molecular flexibility index (Phi) is 11.7. The molecule has 0 heterocycles. The van der Waals surface area contributed by atoms with E-state index in [9.17, 15) is 24.9 Å². The number of hydrogen-bond donors (Lipinski definition) is 4. The maximum atomic E-state index is 12.4. The molecule has 0 aromatic rings. The van der Waals surface area contributed by atoms with Crippen LogP contribution in [0.25, 0.3) is 0 Å². The van der Waals surface area contributed by atoms with Gasteiger partial charge in [-0.3, -0.25) is 9.59 Å². The number of carbonyl (C=O) groups is 2. The average molecular weight is 449 g/mol. The van der Waals surface area contributed by atoms with Gasteiger partial charge in [-0.15, -0.1) is 0 Å². The molecule has 0 saturated heterocycles. The molecule has 170 valence electrons. The van der Waals surface area contributed by atoms with Gasteiger partial charge < -0.3 is 25.2 Å². The number of rotatable bonds is 10. The fourth-order valence-electron chi connectivity index (χ4n) is 4.52. The predicted molar refractivity (Wildman–Crippen MR) is 117 cm³/mol. The second-order valence-electron chi connectivity index (χ2n) is 8.88. The molecule has 8 atom stereocenters. The van der Waals surface area contributed by atoms with E-state index in [0.29, 0.717) is 25.7 Å². The number of aliphatic carboxylic acids is 1. The van der Waals surface area contributed by atoms with Crippen LogP contribution >= 0.6 is 0 Å². The second-order valence-corrected chi connectivity index (χ2v) is 8.88. The molecule has 8 heteroatoms. The van der Waals surface area contributed by atoms with Crippen LogP contribution in [0.1, 0.15) is 59.3 Å². The summed E-state index contributed by atoms with van der Waals surface area (Å²) in [6, 6.07) is 0. The van der Waals surface area contributed by atoms with E-state index in [1.807, 2.05) is 26.0 Å². The second kappa shape index (κ2) is 12.9. The van der Waals surface area contributed by atoms with Crippen molar-refractivity contribution in [3.05, 3.63) is 23.8 Å². The monoisotopic (exact) mass is 448 g/mol. The molecule has 0 fully saturated rings. The number of aliphatic hydroxyl groups excluding tert-OH is 3. The van der Waals surface area contributed by atoms with Gasteiger partial charge in [-0.1, -0.05) is 39.0 Å². The van der Waals surface area contributed by atoms with Crippen LogP contribution in [-0.4, -0.2) is 79.8 Å². The first-order valence-electron chi connectivity index (χ1n) is 11.0. The summed E-state index contributed by atoms with van der Waals surface area (Å²) in [6.45, 7) is 5.85. The van der Waals surface area contributed by atoms with Crippen molar-refractivity contribution in [2.45, 2.75) is 83.7 Å². The Morgan fingerprint density at radius 3 is 2.55 bits per heavy atom. The molecule has 4 N–H and O–H groups in total. The minimum atomic E-state index is -1.10. The van der Waals surface area contributed by atoms with Crippen LogP contribution in [0.2, 0.25) is 0 Å². The number of allylic oxidation sites excluding steroid dienone is 2. The maximum absolute atomic E-state index is 12.4. The number of hydrogen-bond acceptors (Lipinski definition) is 6. The molecule has 2 aliphatic rings. The molecular weight excluding hydrogens is 413 g/mol. The molecule has 2 rings (SSSR count). The summed E-state index contributed by atoms with van der Waals surface area (Å²) in [4.78, 5) is 23.1. The quantitative estimate of drug-likeness (QED) is 0.298. The van der Waals surface area contributed by atoms with E-state index in [4.69, 9.17) is 9.84 Å². The SMILES string of the molecule is CC[C@H](C)C(=O)O[C@H]1C[C@H](O)C=C2C=C[C@H](C)[C@H](CC[C@@H](O)C[C@@H](O)CC(=O)O)[C@H]21.[Mg+2]. The first kappa shape index (κ1) is 28.1. The molecule has 0 amide bonds. The average Bonchev–Trinajstić information content (AvgIpc) is 2.65. The number of ether oxygens (including phenoxy) is 1. The van der Waals surface area contributed by atoms with Gasteiger partial charge in [0.1, 0.15) is 6.10 Å². The van der Waals surface area contributed by atoms with E-state index in [2.05, 4.69) is 13.0 Å². The first-order chi connectivity index (χ1) is 14.1. The topological polar surface area (TPSA) is 124 Å². The van der Waals surface area contributed by atoms with Crippen LogP contribution in [0.4, 0.5) is 0 Å². The van der Waals surface area contributed by atoms with Gasteiger partial charge in [-0.25, -0.2) is 0 Å². The summed E-state index contributed by atoms with van der Waals surface area (Å²) in [7, 11) is 0. The Bertz CT molecular complexity index is 662. The predicted octanol–water partition coefficient (Wildman–Crippen LogP) is 2.06. The van der Waals surface area contributed by atoms with Crippen LogP contribution in [0, 0.1) is 23.7 Å². The van der Waals surface area contributed by atoms with Crippen molar-refractivity contribution in [2.75, 3.05) is 0 Å². The van der Waals surface area contributed by atoms with Crippen molar-refractivity contribution in [2.24, 2.45) is 23.7 Å². The van der Waals surface area contributed by atoms with Gasteiger partial charge in [-0.2, -0.15) is 0 Å². The minimum absolute atomic E-state index is 0. The summed E-state index contributed by atoms with van der Waals surface area (Å²) >= 11 is 0. The number of fused-ring (bicyclic) bond motifs is 1. The van der Waals surface area contributed by atoms with E-state index in [-0.39, 0.29) is 65.5 Å². The number of carboxylic acids is 1. The molecule has 0 aliphatic heterocycles. The smallest absolute Gasteiger partial charge is 0.481 e. The standard InChI is InChI=1S/C23H36O7.Mg/c1-4-13(2)23(29)30-20-11-17(25)9-15-6-5-14(3)19(22(15)20)8-7-16(24)10-18(26)12-21(27)28;/h5-6,9,13-14,16-20,22,24-26H,4,7-8,10-12H2,1-3H3,(H,27,28);/q;+2/t13-,14-,16+,17+,18+,19-,20-,22-;/m0./s1. The first-order valence-corrected chi connectivity index (χ1v) is 11.0. The Balaban J connectivity index is 0.00000480. The minimum Gasteiger partial charge on any atom is -0.481 e. The van der Waals surface area contributed by atoms with Gasteiger partial charge in [0.15, 0.2) is 0 Å². The third-order valence-electron chi connectivity index (χ3n) is 6.44. The van der Waals surface area contributed by atoms with Crippen LogP contribution in [0.3, 0.4) is 0 Å². The number of esters is 1. The van der Waals surface area contributed by atoms with Crippen LogP contribution in [0.15, 0.2) is 23.8 Å². The van der Waals surface area contributed by atoms with Crippen LogP contribution in [-0.2, 0) is 14.3 Å². The molecule has 0 bridgehead atoms. The molecule has 0 radical (unpaired) electrons. The van der Waals surface area contributed by atoms with Crippen molar-refractivity contribution in [3.8, 4) is 0 Å². The van der Waals surface area contributed by atoms with E-state index in [1.54, 1.807) is 0 Å². The molecule has 0 aromatic carbocycles. The van der Waals surface area contributed by atoms with Crippen molar-refractivity contribution < 1.29 is 34.8 Å². The summed E-state index contributed by atoms with van der Waals surface area (Å²) < 4.78 is 5.84. The fraction of sp³-hybridized carbons (Fsp3) is 0.739. The Morgan fingerprint density at radius 1 is 1.26 bits per heavy atom. The van der Waals surface area contributed by atoms with Crippen LogP contribution < -0.4 is 0 Å². The largest absolute Gasteiger partial charge is 2.00 e. The molecule has 0 spiro atoms. The third kappa shape index (κ3) is 8.17. The summed E-state index contributed by atoms with van der Waals surface area (Å²) in [5, 5.41) is 39.1. The van der Waals surface area contributed by atoms with Gasteiger partial charge >= 0.3 is 35.0 Å². The fourth-order valence-corrected chi connectivity index (χ4v) is 4.52. The Labute approximate surface area is 200 Å². The van der Waals surface area contributed by atoms with Crippen molar-refractivity contribution in [1.82, 2.24) is 0 Å². The number of carboxylic acid groups (broad SMARTS) is 1. The normalized spacial score (nSPS) is 30.3. The molecular formula is C23H36MgO7+2. The van der Waals surface area contributed by atoms with Gasteiger partial charge in [0.2, 0.25) is 0 Å². The van der Waals surface area contributed by atoms with E-state index in [1.165, 1.54) is 0 Å². The van der Waals surface area contributed by atoms with E-state index < -0.39 is 30.4 Å². The molecule has 0 saturated carbocycles. The summed E-state index contributed by atoms with van der Waals surface area (Å²) in [6.07, 6.45) is 4.64.